The number of benzene rings is 2. The van der Waals surface area contributed by atoms with Crippen molar-refractivity contribution in [3.8, 4) is 11.5 Å². The van der Waals surface area contributed by atoms with Gasteiger partial charge >= 0.3 is 5.69 Å². The molecule has 0 amide bonds. The smallest absolute Gasteiger partial charge is 0.330 e. The van der Waals surface area contributed by atoms with E-state index in [0.717, 1.165) is 12.3 Å². The van der Waals surface area contributed by atoms with Gasteiger partial charge in [0.25, 0.3) is 0 Å². The van der Waals surface area contributed by atoms with Crippen LogP contribution >= 0.6 is 11.6 Å². The lowest BCUT2D eigenvalue weighted by Crippen LogP contribution is -2.04. The number of nitro benzene ring substituents is 1. The van der Waals surface area contributed by atoms with Gasteiger partial charge in [0.05, 0.1) is 9.95 Å². The molecule has 0 aliphatic heterocycles. The van der Waals surface area contributed by atoms with E-state index in [9.17, 15) is 23.3 Å². The first-order chi connectivity index (χ1) is 10.7. The van der Waals surface area contributed by atoms with Crippen LogP contribution in [0.15, 0.2) is 41.3 Å². The van der Waals surface area contributed by atoms with Crippen molar-refractivity contribution in [1.29, 1.82) is 0 Å². The first-order valence-corrected chi connectivity index (χ1v) is 8.41. The van der Waals surface area contributed by atoms with Crippen molar-refractivity contribution in [2.24, 2.45) is 0 Å². The minimum atomic E-state index is -3.82. The number of rotatable bonds is 5. The summed E-state index contributed by atoms with van der Waals surface area (Å²) in [5.41, 5.74) is -0.368. The molecule has 0 heterocycles. The van der Waals surface area contributed by atoms with E-state index in [-0.39, 0.29) is 16.5 Å². The molecule has 9 heteroatoms. The number of hydrogen-bond acceptors (Lipinski definition) is 6. The fraction of sp³-hybridized carbons (Fsp3) is 0.0714. The van der Waals surface area contributed by atoms with Gasteiger partial charge in [0.1, 0.15) is 16.9 Å². The molecule has 0 radical (unpaired) electrons. The minimum absolute atomic E-state index is 0.0611. The third kappa shape index (κ3) is 3.66. The van der Waals surface area contributed by atoms with Gasteiger partial charge in [0, 0.05) is 11.8 Å². The standard InChI is InChI=1S/C14H10ClNO6S/c1-23(20,21)13-4-2-3-12(14(13)16(18)19)22-11-6-5-9(8-17)7-10(11)15/h2-8H,1H3. The summed E-state index contributed by atoms with van der Waals surface area (Å²) in [5, 5.41) is 11.3. The van der Waals surface area contributed by atoms with Gasteiger partial charge in [-0.15, -0.1) is 0 Å². The van der Waals surface area contributed by atoms with Crippen molar-refractivity contribution in [1.82, 2.24) is 0 Å². The number of ether oxygens (including phenoxy) is 1. The van der Waals surface area contributed by atoms with Crippen LogP contribution in [0.2, 0.25) is 5.02 Å². The SMILES string of the molecule is CS(=O)(=O)c1cccc(Oc2ccc(C=O)cc2Cl)c1[N+](=O)[O-]. The van der Waals surface area contributed by atoms with Crippen molar-refractivity contribution in [3.05, 3.63) is 57.1 Å². The van der Waals surface area contributed by atoms with Crippen LogP contribution in [-0.4, -0.2) is 25.9 Å². The summed E-state index contributed by atoms with van der Waals surface area (Å²) in [4.78, 5) is 20.6. The predicted molar refractivity (Wildman–Crippen MR) is 83.1 cm³/mol. The van der Waals surface area contributed by atoms with E-state index in [1.54, 1.807) is 0 Å². The van der Waals surface area contributed by atoms with Gasteiger partial charge in [-0.3, -0.25) is 14.9 Å². The Morgan fingerprint density at radius 3 is 2.43 bits per heavy atom. The molecule has 2 aromatic carbocycles. The van der Waals surface area contributed by atoms with Gasteiger partial charge in [-0.05, 0) is 30.3 Å². The molecule has 0 aliphatic carbocycles. The molecule has 23 heavy (non-hydrogen) atoms. The second kappa shape index (κ2) is 6.35. The summed E-state index contributed by atoms with van der Waals surface area (Å²) in [6.45, 7) is 0. The average molecular weight is 356 g/mol. The van der Waals surface area contributed by atoms with Crippen LogP contribution in [0.5, 0.6) is 11.5 Å². The Labute approximate surface area is 136 Å². The van der Waals surface area contributed by atoms with Crippen LogP contribution in [0.4, 0.5) is 5.69 Å². The van der Waals surface area contributed by atoms with Gasteiger partial charge in [0.15, 0.2) is 9.84 Å². The van der Waals surface area contributed by atoms with Gasteiger partial charge in [0.2, 0.25) is 5.75 Å². The lowest BCUT2D eigenvalue weighted by Gasteiger charge is -2.10. The molecule has 2 rings (SSSR count). The molecule has 0 saturated carbocycles. The molecule has 0 N–H and O–H groups in total. The summed E-state index contributed by atoms with van der Waals surface area (Å²) in [7, 11) is -3.82. The molecule has 0 aliphatic rings. The van der Waals surface area contributed by atoms with Crippen molar-refractivity contribution in [2.45, 2.75) is 4.90 Å². The maximum absolute atomic E-state index is 11.7. The first kappa shape index (κ1) is 16.9. The number of hydrogen-bond donors (Lipinski definition) is 0. The second-order valence-corrected chi connectivity index (χ2v) is 6.93. The molecule has 0 unspecified atom stereocenters. The van der Waals surface area contributed by atoms with Gasteiger partial charge in [-0.25, -0.2) is 8.42 Å². The van der Waals surface area contributed by atoms with Crippen molar-refractivity contribution in [3.63, 3.8) is 0 Å². The Morgan fingerprint density at radius 2 is 1.91 bits per heavy atom. The van der Waals surface area contributed by atoms with Gasteiger partial charge in [-0.1, -0.05) is 17.7 Å². The molecule has 0 fully saturated rings. The molecule has 120 valence electrons. The summed E-state index contributed by atoms with van der Waals surface area (Å²) in [6.07, 6.45) is 1.45. The third-order valence-electron chi connectivity index (χ3n) is 2.86. The predicted octanol–water partition coefficient (Wildman–Crippen LogP) is 3.26. The average Bonchev–Trinajstić information content (AvgIpc) is 2.47. The van der Waals surface area contributed by atoms with Crippen LogP contribution in [0.1, 0.15) is 10.4 Å². The van der Waals surface area contributed by atoms with Crippen molar-refractivity contribution in [2.75, 3.05) is 6.26 Å². The Morgan fingerprint density at radius 1 is 1.22 bits per heavy atom. The molecular weight excluding hydrogens is 346 g/mol. The molecule has 0 saturated heterocycles. The maximum Gasteiger partial charge on any atom is 0.330 e. The number of halogens is 1. The molecule has 2 aromatic rings. The zero-order valence-corrected chi connectivity index (χ0v) is 13.3. The van der Waals surface area contributed by atoms with Crippen LogP contribution < -0.4 is 4.74 Å². The Bertz CT molecular complexity index is 894. The maximum atomic E-state index is 11.7. The molecule has 7 nitrogen and oxygen atoms in total. The van der Waals surface area contributed by atoms with E-state index >= 15 is 0 Å². The summed E-state index contributed by atoms with van der Waals surface area (Å²) in [5.74, 6) is -0.204. The van der Waals surface area contributed by atoms with E-state index < -0.39 is 25.3 Å². The monoisotopic (exact) mass is 355 g/mol. The lowest BCUT2D eigenvalue weighted by molar-refractivity contribution is -0.388. The summed E-state index contributed by atoms with van der Waals surface area (Å²) >= 11 is 5.95. The molecule has 0 spiro atoms. The largest absolute Gasteiger partial charge is 0.449 e. The fourth-order valence-corrected chi connectivity index (χ4v) is 2.94. The Kier molecular flexibility index (Phi) is 4.67. The number of sulfone groups is 1. The van der Waals surface area contributed by atoms with Crippen LogP contribution in [0.3, 0.4) is 0 Å². The zero-order chi connectivity index (χ0) is 17.2. The van der Waals surface area contributed by atoms with Crippen LogP contribution in [0, 0.1) is 10.1 Å². The van der Waals surface area contributed by atoms with E-state index in [0.29, 0.717) is 11.8 Å². The summed E-state index contributed by atoms with van der Waals surface area (Å²) < 4.78 is 28.8. The second-order valence-electron chi connectivity index (χ2n) is 4.54. The van der Waals surface area contributed by atoms with Crippen LogP contribution in [-0.2, 0) is 9.84 Å². The number of carbonyl (C=O) groups is 1. The molecule has 0 atom stereocenters. The highest BCUT2D eigenvalue weighted by atomic mass is 35.5. The highest BCUT2D eigenvalue weighted by Gasteiger charge is 2.27. The van der Waals surface area contributed by atoms with Crippen LogP contribution in [0.25, 0.3) is 0 Å². The van der Waals surface area contributed by atoms with E-state index in [1.807, 2.05) is 0 Å². The Hall–Kier alpha value is -2.45. The van der Waals surface area contributed by atoms with Crippen molar-refractivity contribution < 1.29 is 22.9 Å². The number of nitro groups is 1. The topological polar surface area (TPSA) is 104 Å². The van der Waals surface area contributed by atoms with Gasteiger partial charge < -0.3 is 4.74 Å². The van der Waals surface area contributed by atoms with Crippen molar-refractivity contribution >= 4 is 33.4 Å². The zero-order valence-electron chi connectivity index (χ0n) is 11.7. The normalized spacial score (nSPS) is 11.0. The minimum Gasteiger partial charge on any atom is -0.449 e. The highest BCUT2D eigenvalue weighted by Crippen LogP contribution is 2.38. The molecular formula is C14H10ClNO6S. The third-order valence-corrected chi connectivity index (χ3v) is 4.28. The van der Waals surface area contributed by atoms with Gasteiger partial charge in [-0.2, -0.15) is 0 Å². The lowest BCUT2D eigenvalue weighted by atomic mass is 10.2. The molecule has 0 aromatic heterocycles. The van der Waals surface area contributed by atoms with E-state index in [1.165, 1.54) is 30.3 Å². The number of carbonyl (C=O) groups excluding carboxylic acids is 1. The summed E-state index contributed by atoms with van der Waals surface area (Å²) in [6, 6.07) is 7.82. The van der Waals surface area contributed by atoms with E-state index in [2.05, 4.69) is 0 Å². The molecule has 0 bridgehead atoms. The highest BCUT2D eigenvalue weighted by molar-refractivity contribution is 7.90. The fourth-order valence-electron chi connectivity index (χ4n) is 1.86. The van der Waals surface area contributed by atoms with E-state index in [4.69, 9.17) is 16.3 Å². The quantitative estimate of drug-likeness (QED) is 0.463. The first-order valence-electron chi connectivity index (χ1n) is 6.14. The number of aldehydes is 1. The Balaban J connectivity index is 2.57. The number of para-hydroxylation sites is 1. The number of nitrogens with zero attached hydrogens (tertiary/aromatic N) is 1.